The van der Waals surface area contributed by atoms with Crippen molar-refractivity contribution in [2.45, 2.75) is 43.0 Å². The van der Waals surface area contributed by atoms with E-state index in [1.165, 1.54) is 13.2 Å². The van der Waals surface area contributed by atoms with E-state index in [4.69, 9.17) is 11.1 Å². The maximum absolute atomic E-state index is 13.5. The molecule has 44 heavy (non-hydrogen) atoms. The Morgan fingerprint density at radius 2 is 1.82 bits per heavy atom. The van der Waals surface area contributed by atoms with Crippen molar-refractivity contribution in [2.75, 3.05) is 32.1 Å². The lowest BCUT2D eigenvalue weighted by Gasteiger charge is -2.33. The largest absolute Gasteiger partial charge is 0.469 e. The van der Waals surface area contributed by atoms with Crippen molar-refractivity contribution in [1.29, 1.82) is 5.41 Å². The van der Waals surface area contributed by atoms with Crippen LogP contribution in [0.1, 0.15) is 31.2 Å². The van der Waals surface area contributed by atoms with Crippen molar-refractivity contribution >= 4 is 50.2 Å². The zero-order chi connectivity index (χ0) is 31.7. The number of anilines is 1. The average Bonchev–Trinajstić information content (AvgIpc) is 3.02. The van der Waals surface area contributed by atoms with Gasteiger partial charge in [-0.3, -0.25) is 19.8 Å². The third-order valence-electron chi connectivity index (χ3n) is 7.50. The first-order valence-corrected chi connectivity index (χ1v) is 15.9. The molecule has 3 aromatic carbocycles. The van der Waals surface area contributed by atoms with Gasteiger partial charge in [0.2, 0.25) is 21.8 Å². The molecule has 3 aromatic rings. The van der Waals surface area contributed by atoms with Crippen LogP contribution in [-0.2, 0) is 35.6 Å². The molecule has 6 N–H and O–H groups in total. The minimum atomic E-state index is -4.10. The van der Waals surface area contributed by atoms with Gasteiger partial charge in [-0.1, -0.05) is 42.5 Å². The number of esters is 1. The summed E-state index contributed by atoms with van der Waals surface area (Å²) in [5, 5.41) is 15.0. The molecular weight excluding hydrogens is 584 g/mol. The van der Waals surface area contributed by atoms with E-state index >= 15 is 0 Å². The van der Waals surface area contributed by atoms with E-state index in [0.29, 0.717) is 30.9 Å². The highest BCUT2D eigenvalue weighted by molar-refractivity contribution is 7.89. The van der Waals surface area contributed by atoms with Crippen LogP contribution >= 0.6 is 0 Å². The van der Waals surface area contributed by atoms with Gasteiger partial charge in [-0.05, 0) is 65.8 Å². The molecule has 2 amide bonds. The molecule has 13 heteroatoms. The van der Waals surface area contributed by atoms with Crippen LogP contribution in [-0.4, -0.2) is 69.8 Å². The van der Waals surface area contributed by atoms with Crippen LogP contribution in [0.15, 0.2) is 71.6 Å². The van der Waals surface area contributed by atoms with Crippen LogP contribution in [0.5, 0.6) is 0 Å². The number of amides is 2. The monoisotopic (exact) mass is 622 g/mol. The topological polar surface area (TPSA) is 184 Å². The Balaban J connectivity index is 1.51. The highest BCUT2D eigenvalue weighted by atomic mass is 32.2. The quantitative estimate of drug-likeness (QED) is 0.116. The SMILES string of the molecule is COC(=O)CCC(=O)Nc1cccc(CC(NS(=O)(=O)c2ccc3ccccc3c2)C(=O)NCC2CCCN(C(=N)N)C2)c1. The number of piperidine rings is 1. The Morgan fingerprint density at radius 1 is 1.05 bits per heavy atom. The van der Waals surface area contributed by atoms with Crippen molar-refractivity contribution in [3.63, 3.8) is 0 Å². The Morgan fingerprint density at radius 3 is 2.57 bits per heavy atom. The number of nitrogens with two attached hydrogens (primary N) is 1. The minimum absolute atomic E-state index is 0.00868. The Bertz CT molecular complexity index is 1630. The van der Waals surface area contributed by atoms with Gasteiger partial charge in [-0.25, -0.2) is 8.42 Å². The number of likely N-dealkylation sites (tertiary alicyclic amines) is 1. The molecule has 0 bridgehead atoms. The zero-order valence-corrected chi connectivity index (χ0v) is 25.4. The average molecular weight is 623 g/mol. The predicted molar refractivity (Wildman–Crippen MR) is 167 cm³/mol. The molecule has 1 fully saturated rings. The Hall–Kier alpha value is -4.49. The first-order chi connectivity index (χ1) is 21.0. The Labute approximate surface area is 256 Å². The van der Waals surface area contributed by atoms with Gasteiger partial charge in [0.25, 0.3) is 0 Å². The van der Waals surface area contributed by atoms with E-state index in [1.54, 1.807) is 41.3 Å². The van der Waals surface area contributed by atoms with Gasteiger partial charge >= 0.3 is 5.97 Å². The van der Waals surface area contributed by atoms with Gasteiger partial charge in [0.1, 0.15) is 6.04 Å². The van der Waals surface area contributed by atoms with E-state index in [1.807, 2.05) is 24.3 Å². The summed E-state index contributed by atoms with van der Waals surface area (Å²) < 4.78 is 34.2. The summed E-state index contributed by atoms with van der Waals surface area (Å²) >= 11 is 0. The van der Waals surface area contributed by atoms with Crippen molar-refractivity contribution in [2.24, 2.45) is 11.7 Å². The van der Waals surface area contributed by atoms with Gasteiger partial charge in [0, 0.05) is 31.7 Å². The first kappa shape index (κ1) is 32.4. The maximum atomic E-state index is 13.5. The van der Waals surface area contributed by atoms with Crippen molar-refractivity contribution in [1.82, 2.24) is 14.9 Å². The molecule has 234 valence electrons. The Kier molecular flexibility index (Phi) is 10.9. The lowest BCUT2D eigenvalue weighted by Crippen LogP contribution is -2.51. The number of ether oxygens (including phenoxy) is 1. The second kappa shape index (κ2) is 14.8. The normalized spacial score (nSPS) is 15.8. The molecule has 0 saturated carbocycles. The summed E-state index contributed by atoms with van der Waals surface area (Å²) in [4.78, 5) is 39.0. The van der Waals surface area contributed by atoms with Gasteiger partial charge in [0.15, 0.2) is 5.96 Å². The van der Waals surface area contributed by atoms with Gasteiger partial charge in [0.05, 0.1) is 18.4 Å². The van der Waals surface area contributed by atoms with Gasteiger partial charge < -0.3 is 26.0 Å². The molecule has 2 unspecified atom stereocenters. The number of carbonyl (C=O) groups is 3. The van der Waals surface area contributed by atoms with Crippen molar-refractivity contribution in [3.8, 4) is 0 Å². The number of rotatable bonds is 12. The molecule has 12 nitrogen and oxygen atoms in total. The van der Waals surface area contributed by atoms with Crippen LogP contribution < -0.4 is 21.1 Å². The molecule has 0 radical (unpaired) electrons. The maximum Gasteiger partial charge on any atom is 0.306 e. The number of carbonyl (C=O) groups excluding carboxylic acids is 3. The summed E-state index contributed by atoms with van der Waals surface area (Å²) in [6, 6.07) is 17.8. The molecule has 0 spiro atoms. The van der Waals surface area contributed by atoms with Crippen LogP contribution in [0.4, 0.5) is 5.69 Å². The van der Waals surface area contributed by atoms with Gasteiger partial charge in [-0.15, -0.1) is 0 Å². The lowest BCUT2D eigenvalue weighted by atomic mass is 9.98. The number of fused-ring (bicyclic) bond motifs is 1. The highest BCUT2D eigenvalue weighted by Gasteiger charge is 2.28. The molecule has 0 aromatic heterocycles. The molecule has 1 saturated heterocycles. The van der Waals surface area contributed by atoms with E-state index in [2.05, 4.69) is 20.1 Å². The molecule has 0 aliphatic carbocycles. The van der Waals surface area contributed by atoms with E-state index in [0.717, 1.165) is 23.6 Å². The third kappa shape index (κ3) is 9.01. The van der Waals surface area contributed by atoms with E-state index in [9.17, 15) is 22.8 Å². The fourth-order valence-corrected chi connectivity index (χ4v) is 6.38. The smallest absolute Gasteiger partial charge is 0.306 e. The number of guanidine groups is 1. The van der Waals surface area contributed by atoms with Gasteiger partial charge in [-0.2, -0.15) is 4.72 Å². The summed E-state index contributed by atoms with van der Waals surface area (Å²) in [5.41, 5.74) is 6.71. The van der Waals surface area contributed by atoms with Crippen LogP contribution in [0.2, 0.25) is 0 Å². The predicted octanol–water partition coefficient (Wildman–Crippen LogP) is 2.34. The third-order valence-corrected chi connectivity index (χ3v) is 8.97. The second-order valence-electron chi connectivity index (χ2n) is 10.8. The molecule has 1 aliphatic rings. The van der Waals surface area contributed by atoms with Crippen molar-refractivity contribution in [3.05, 3.63) is 72.3 Å². The standard InChI is InChI=1S/C31H38N6O6S/c1-43-29(39)14-13-28(38)35-25-10-4-6-21(16-25)17-27(30(40)34-19-22-7-5-15-37(20-22)31(32)33)36-44(41,42)26-12-11-23-8-2-3-9-24(23)18-26/h2-4,6,8-12,16,18,22,27,36H,5,7,13-15,17,19-20H2,1H3,(H3,32,33)(H,34,40)(H,35,38). The summed E-state index contributed by atoms with van der Waals surface area (Å²) in [5.74, 6) is -1.34. The number of hydrogen-bond acceptors (Lipinski definition) is 7. The lowest BCUT2D eigenvalue weighted by molar-refractivity contribution is -0.141. The van der Waals surface area contributed by atoms with Crippen LogP contribution in [0, 0.1) is 11.3 Å². The summed E-state index contributed by atoms with van der Waals surface area (Å²) in [6.07, 6.45) is 1.56. The molecule has 1 aliphatic heterocycles. The fraction of sp³-hybridized carbons (Fsp3) is 0.355. The molecular formula is C31H38N6O6S. The van der Waals surface area contributed by atoms with E-state index in [-0.39, 0.29) is 41.9 Å². The molecule has 1 heterocycles. The summed E-state index contributed by atoms with van der Waals surface area (Å²) in [7, 11) is -2.85. The summed E-state index contributed by atoms with van der Waals surface area (Å²) in [6.45, 7) is 1.51. The number of nitrogens with zero attached hydrogens (tertiary/aromatic N) is 1. The van der Waals surface area contributed by atoms with Crippen LogP contribution in [0.25, 0.3) is 10.8 Å². The molecule has 4 rings (SSSR count). The first-order valence-electron chi connectivity index (χ1n) is 14.4. The zero-order valence-electron chi connectivity index (χ0n) is 24.5. The number of benzene rings is 3. The van der Waals surface area contributed by atoms with E-state index < -0.39 is 27.9 Å². The second-order valence-corrected chi connectivity index (χ2v) is 12.5. The number of sulfonamides is 1. The highest BCUT2D eigenvalue weighted by Crippen LogP contribution is 2.21. The van der Waals surface area contributed by atoms with Crippen molar-refractivity contribution < 1.29 is 27.5 Å². The minimum Gasteiger partial charge on any atom is -0.469 e. The number of methoxy groups -OCH3 is 1. The fourth-order valence-electron chi connectivity index (χ4n) is 5.15. The number of hydrogen-bond donors (Lipinski definition) is 5. The number of nitrogens with one attached hydrogen (secondary N) is 4. The molecule has 2 atom stereocenters. The van der Waals surface area contributed by atoms with Crippen LogP contribution in [0.3, 0.4) is 0 Å².